The first kappa shape index (κ1) is 13.3. The lowest BCUT2D eigenvalue weighted by Crippen LogP contribution is -2.34. The molecular formula is C12H24N2O2S. The van der Waals surface area contributed by atoms with Crippen LogP contribution in [0, 0.1) is 11.8 Å². The van der Waals surface area contributed by atoms with Crippen molar-refractivity contribution in [1.29, 1.82) is 0 Å². The van der Waals surface area contributed by atoms with Crippen molar-refractivity contribution in [3.63, 3.8) is 0 Å². The van der Waals surface area contributed by atoms with Gasteiger partial charge in [0.15, 0.2) is 0 Å². The van der Waals surface area contributed by atoms with Crippen LogP contribution < -0.4 is 5.32 Å². The highest BCUT2D eigenvalue weighted by molar-refractivity contribution is 7.89. The van der Waals surface area contributed by atoms with Crippen molar-refractivity contribution >= 4 is 10.0 Å². The summed E-state index contributed by atoms with van der Waals surface area (Å²) in [5.41, 5.74) is 0. The summed E-state index contributed by atoms with van der Waals surface area (Å²) >= 11 is 0. The van der Waals surface area contributed by atoms with Gasteiger partial charge in [0.25, 0.3) is 0 Å². The van der Waals surface area contributed by atoms with Crippen LogP contribution in [0.25, 0.3) is 0 Å². The molecule has 1 heterocycles. The van der Waals surface area contributed by atoms with Crippen molar-refractivity contribution in [3.05, 3.63) is 0 Å². The van der Waals surface area contributed by atoms with Crippen LogP contribution in [0.4, 0.5) is 0 Å². The molecule has 0 aromatic rings. The van der Waals surface area contributed by atoms with Crippen molar-refractivity contribution in [2.45, 2.75) is 32.1 Å². The van der Waals surface area contributed by atoms with Gasteiger partial charge in [0.1, 0.15) is 0 Å². The predicted octanol–water partition coefficient (Wildman–Crippen LogP) is 1.05. The van der Waals surface area contributed by atoms with Crippen LogP contribution in [0.2, 0.25) is 0 Å². The Bertz CT molecular complexity index is 336. The van der Waals surface area contributed by atoms with Gasteiger partial charge in [0, 0.05) is 13.1 Å². The van der Waals surface area contributed by atoms with Crippen LogP contribution in [0.15, 0.2) is 0 Å². The average molecular weight is 260 g/mol. The van der Waals surface area contributed by atoms with E-state index in [1.54, 1.807) is 4.31 Å². The number of hydrogen-bond acceptors (Lipinski definition) is 3. The minimum atomic E-state index is -2.99. The van der Waals surface area contributed by atoms with Crippen molar-refractivity contribution < 1.29 is 8.42 Å². The van der Waals surface area contributed by atoms with E-state index in [0.717, 1.165) is 38.9 Å². The van der Waals surface area contributed by atoms with Crippen LogP contribution in [0.3, 0.4) is 0 Å². The molecule has 2 rings (SSSR count). The van der Waals surface area contributed by atoms with Crippen molar-refractivity contribution in [2.75, 3.05) is 32.4 Å². The molecule has 17 heavy (non-hydrogen) atoms. The first-order valence-electron chi connectivity index (χ1n) is 6.74. The third-order valence-corrected chi connectivity index (χ3v) is 6.07. The summed E-state index contributed by atoms with van der Waals surface area (Å²) in [6.45, 7) is 2.37. The predicted molar refractivity (Wildman–Crippen MR) is 69.4 cm³/mol. The van der Waals surface area contributed by atoms with Crippen LogP contribution in [-0.4, -0.2) is 45.2 Å². The molecule has 1 unspecified atom stereocenters. The van der Waals surface area contributed by atoms with Gasteiger partial charge in [-0.3, -0.25) is 0 Å². The Morgan fingerprint density at radius 3 is 2.53 bits per heavy atom. The van der Waals surface area contributed by atoms with Gasteiger partial charge in [0.2, 0.25) is 10.0 Å². The monoisotopic (exact) mass is 260 g/mol. The first-order valence-corrected chi connectivity index (χ1v) is 8.35. The summed E-state index contributed by atoms with van der Waals surface area (Å²) in [6, 6.07) is 0. The molecule has 0 aromatic heterocycles. The molecule has 1 saturated heterocycles. The molecule has 100 valence electrons. The lowest BCUT2D eigenvalue weighted by atomic mass is 10.1. The minimum absolute atomic E-state index is 0.388. The second-order valence-electron chi connectivity index (χ2n) is 5.50. The van der Waals surface area contributed by atoms with E-state index in [0.29, 0.717) is 17.6 Å². The third-order valence-electron chi connectivity index (χ3n) is 4.06. The van der Waals surface area contributed by atoms with Crippen LogP contribution in [-0.2, 0) is 10.0 Å². The lowest BCUT2D eigenvalue weighted by molar-refractivity contribution is 0.442. The van der Waals surface area contributed by atoms with Crippen LogP contribution in [0.5, 0.6) is 0 Å². The fourth-order valence-electron chi connectivity index (χ4n) is 3.09. The van der Waals surface area contributed by atoms with E-state index in [1.807, 2.05) is 7.05 Å². The lowest BCUT2D eigenvalue weighted by Gasteiger charge is -2.19. The number of rotatable bonds is 5. The number of hydrogen-bond donors (Lipinski definition) is 1. The zero-order chi connectivity index (χ0) is 12.3. The van der Waals surface area contributed by atoms with E-state index in [9.17, 15) is 8.42 Å². The van der Waals surface area contributed by atoms with Gasteiger partial charge in [-0.05, 0) is 44.7 Å². The largest absolute Gasteiger partial charge is 0.319 e. The van der Waals surface area contributed by atoms with Crippen molar-refractivity contribution in [1.82, 2.24) is 9.62 Å². The van der Waals surface area contributed by atoms with Gasteiger partial charge in [0.05, 0.1) is 5.75 Å². The summed E-state index contributed by atoms with van der Waals surface area (Å²) in [7, 11) is -1.06. The summed E-state index contributed by atoms with van der Waals surface area (Å²) in [4.78, 5) is 0. The summed E-state index contributed by atoms with van der Waals surface area (Å²) in [5, 5.41) is 3.13. The quantitative estimate of drug-likeness (QED) is 0.804. The molecule has 5 heteroatoms. The summed E-state index contributed by atoms with van der Waals surface area (Å²) < 4.78 is 26.2. The smallest absolute Gasteiger partial charge is 0.214 e. The Balaban J connectivity index is 1.87. The van der Waals surface area contributed by atoms with E-state index >= 15 is 0 Å². The molecule has 0 bridgehead atoms. The average Bonchev–Trinajstić information content (AvgIpc) is 2.88. The second kappa shape index (κ2) is 5.67. The number of nitrogens with zero attached hydrogens (tertiary/aromatic N) is 1. The highest BCUT2D eigenvalue weighted by Crippen LogP contribution is 2.28. The molecule has 1 aliphatic heterocycles. The fourth-order valence-corrected chi connectivity index (χ4v) is 5.05. The van der Waals surface area contributed by atoms with Gasteiger partial charge in [-0.2, -0.15) is 0 Å². The highest BCUT2D eigenvalue weighted by atomic mass is 32.2. The Morgan fingerprint density at radius 1 is 1.18 bits per heavy atom. The summed E-state index contributed by atoms with van der Waals surface area (Å²) in [6.07, 6.45) is 5.63. The maximum absolute atomic E-state index is 12.2. The Labute approximate surface area is 105 Å². The number of nitrogens with one attached hydrogen (secondary N) is 1. The van der Waals surface area contributed by atoms with E-state index in [2.05, 4.69) is 5.32 Å². The third kappa shape index (κ3) is 3.42. The second-order valence-corrected chi connectivity index (χ2v) is 7.51. The molecule has 0 radical (unpaired) electrons. The maximum Gasteiger partial charge on any atom is 0.214 e. The molecule has 2 aliphatic rings. The SMILES string of the molecule is CNCC1CCN(S(=O)(=O)CC2CCCC2)C1. The molecule has 1 N–H and O–H groups in total. The van der Waals surface area contributed by atoms with E-state index in [4.69, 9.17) is 0 Å². The van der Waals surface area contributed by atoms with Gasteiger partial charge in [-0.1, -0.05) is 12.8 Å². The van der Waals surface area contributed by atoms with E-state index in [-0.39, 0.29) is 0 Å². The van der Waals surface area contributed by atoms with Gasteiger partial charge in [-0.25, -0.2) is 12.7 Å². The molecule has 0 aromatic carbocycles. The Hall–Kier alpha value is -0.130. The first-order chi connectivity index (χ1) is 8.12. The molecule has 4 nitrogen and oxygen atoms in total. The van der Waals surface area contributed by atoms with E-state index in [1.165, 1.54) is 12.8 Å². The van der Waals surface area contributed by atoms with Gasteiger partial charge >= 0.3 is 0 Å². The van der Waals surface area contributed by atoms with Crippen LogP contribution in [0.1, 0.15) is 32.1 Å². The maximum atomic E-state index is 12.2. The molecule has 1 atom stereocenters. The number of sulfonamides is 1. The molecular weight excluding hydrogens is 236 g/mol. The Kier molecular flexibility index (Phi) is 4.44. The molecule has 1 aliphatic carbocycles. The minimum Gasteiger partial charge on any atom is -0.319 e. The van der Waals surface area contributed by atoms with Crippen molar-refractivity contribution in [2.24, 2.45) is 11.8 Å². The zero-order valence-electron chi connectivity index (χ0n) is 10.7. The van der Waals surface area contributed by atoms with Gasteiger partial charge < -0.3 is 5.32 Å². The molecule has 0 spiro atoms. The van der Waals surface area contributed by atoms with E-state index < -0.39 is 10.0 Å². The van der Waals surface area contributed by atoms with Crippen LogP contribution >= 0.6 is 0 Å². The topological polar surface area (TPSA) is 49.4 Å². The molecule has 0 amide bonds. The summed E-state index contributed by atoms with van der Waals surface area (Å²) in [5.74, 6) is 1.31. The fraction of sp³-hybridized carbons (Fsp3) is 1.00. The standard InChI is InChI=1S/C12H24N2O2S/c1-13-8-12-6-7-14(9-12)17(15,16)10-11-4-2-3-5-11/h11-13H,2-10H2,1H3. The van der Waals surface area contributed by atoms with Crippen molar-refractivity contribution in [3.8, 4) is 0 Å². The molecule has 2 fully saturated rings. The highest BCUT2D eigenvalue weighted by Gasteiger charge is 2.33. The Morgan fingerprint density at radius 2 is 1.88 bits per heavy atom. The normalized spacial score (nSPS) is 27.9. The zero-order valence-corrected chi connectivity index (χ0v) is 11.5. The molecule has 1 saturated carbocycles. The van der Waals surface area contributed by atoms with Gasteiger partial charge in [-0.15, -0.1) is 0 Å².